The van der Waals surface area contributed by atoms with E-state index < -0.39 is 25.7 Å². The van der Waals surface area contributed by atoms with Crippen molar-refractivity contribution in [3.05, 3.63) is 279 Å². The molecule has 352 valence electrons. The van der Waals surface area contributed by atoms with Gasteiger partial charge in [0, 0.05) is 33.2 Å². The molecule has 0 N–H and O–H groups in total. The van der Waals surface area contributed by atoms with E-state index in [1.807, 2.05) is 0 Å². The van der Waals surface area contributed by atoms with Gasteiger partial charge in [-0.2, -0.15) is 4.98 Å². The third-order valence-electron chi connectivity index (χ3n) is 14.5. The van der Waals surface area contributed by atoms with Crippen molar-refractivity contribution in [1.29, 1.82) is 0 Å². The van der Waals surface area contributed by atoms with Crippen LogP contribution in [0.15, 0.2) is 279 Å². The number of rotatable bonds is 9. The number of nitrogens with zero attached hydrogens (tertiary/aromatic N) is 4. The van der Waals surface area contributed by atoms with Crippen molar-refractivity contribution < 1.29 is 12.3 Å². The SMILES string of the molecule is c1ccc([Si]2(c3ccccc3)O[Si](c3ccccc3)(c3ccccc3)O[Si](c3ccccc3)(c3cccc(-c4cc(-n5c6ccccc6c6ccccc65)nc(-n5c6ccccc6c6ccccc65)n4)c3)O2)cc1. The summed E-state index contributed by atoms with van der Waals surface area (Å²) in [5.41, 5.74) is 5.83. The number of aromatic nitrogens is 4. The van der Waals surface area contributed by atoms with Crippen LogP contribution in [0.3, 0.4) is 0 Å². The molecule has 0 radical (unpaired) electrons. The molecule has 3 aromatic heterocycles. The fourth-order valence-corrected chi connectivity index (χ4v) is 28.1. The molecule has 13 aromatic rings. The molecule has 1 aliphatic heterocycles. The molecule has 0 amide bonds. The van der Waals surface area contributed by atoms with Gasteiger partial charge < -0.3 is 12.3 Å². The predicted octanol–water partition coefficient (Wildman–Crippen LogP) is 10.5. The molecule has 0 atom stereocenters. The van der Waals surface area contributed by atoms with Crippen LogP contribution in [0.5, 0.6) is 0 Å². The average molecular weight is 1000 g/mol. The highest BCUT2D eigenvalue weighted by Gasteiger charge is 2.67. The van der Waals surface area contributed by atoms with Crippen LogP contribution in [0.25, 0.3) is 66.6 Å². The lowest BCUT2D eigenvalue weighted by molar-refractivity contribution is 0.268. The van der Waals surface area contributed by atoms with Gasteiger partial charge in [-0.1, -0.05) is 243 Å². The van der Waals surface area contributed by atoms with E-state index >= 15 is 0 Å². The van der Waals surface area contributed by atoms with Crippen molar-refractivity contribution in [2.45, 2.75) is 0 Å². The first-order chi connectivity index (χ1) is 36.6. The molecule has 10 aromatic carbocycles. The largest absolute Gasteiger partial charge is 0.402 e. The Labute approximate surface area is 431 Å². The fraction of sp³-hybridized carbons (Fsp3) is 0. The van der Waals surface area contributed by atoms with Crippen LogP contribution in [0.1, 0.15) is 0 Å². The summed E-state index contributed by atoms with van der Waals surface area (Å²) in [5, 5.41) is 10.5. The topological polar surface area (TPSA) is 63.3 Å². The number of benzene rings is 10. The highest BCUT2D eigenvalue weighted by molar-refractivity contribution is 7.16. The number of hydrogen-bond donors (Lipinski definition) is 0. The molecule has 7 nitrogen and oxygen atoms in total. The first-order valence-electron chi connectivity index (χ1n) is 25.0. The van der Waals surface area contributed by atoms with Gasteiger partial charge in [-0.15, -0.1) is 0 Å². The summed E-state index contributed by atoms with van der Waals surface area (Å²) in [6.07, 6.45) is 0. The van der Waals surface area contributed by atoms with Crippen LogP contribution in [-0.2, 0) is 12.3 Å². The lowest BCUT2D eigenvalue weighted by atomic mass is 10.1. The molecule has 0 aliphatic carbocycles. The first-order valence-corrected chi connectivity index (χ1v) is 30.4. The Morgan fingerprint density at radius 1 is 0.270 bits per heavy atom. The summed E-state index contributed by atoms with van der Waals surface area (Å²) < 4.78 is 29.2. The smallest absolute Gasteiger partial charge is 0.390 e. The second-order valence-electron chi connectivity index (χ2n) is 18.7. The monoisotopic (exact) mass is 1000 g/mol. The first kappa shape index (κ1) is 44.1. The quantitative estimate of drug-likeness (QED) is 0.135. The number of hydrogen-bond acceptors (Lipinski definition) is 5. The van der Waals surface area contributed by atoms with Gasteiger partial charge in [0.15, 0.2) is 0 Å². The Balaban J connectivity index is 1.07. The summed E-state index contributed by atoms with van der Waals surface area (Å²) in [7, 11) is -11.5. The van der Waals surface area contributed by atoms with E-state index in [0.29, 0.717) is 5.95 Å². The van der Waals surface area contributed by atoms with Gasteiger partial charge in [0.25, 0.3) is 0 Å². The predicted molar refractivity (Wildman–Crippen MR) is 307 cm³/mol. The minimum absolute atomic E-state index is 0.565. The second kappa shape index (κ2) is 17.9. The van der Waals surface area contributed by atoms with Crippen LogP contribution in [0.4, 0.5) is 0 Å². The molecule has 0 spiro atoms. The Morgan fingerprint density at radius 3 is 0.959 bits per heavy atom. The standard InChI is InChI=1S/C64H46N4O3Si3/c1-6-26-48(27-7-1)72(49-28-8-2-9-29-49)69-73(50-30-10-3-11-31-50,51-32-12-4-13-33-51)71-74(70-72,52-34-14-5-15-35-52)53-36-24-25-47(45-53)58-46-63(67-59-41-20-16-37-54(59)55-38-17-21-42-60(55)67)66-64(65-58)68-61-43-22-18-39-56(61)57-40-19-23-44-62(57)68/h1-46H. The normalized spacial score (nSPS) is 14.9. The lowest BCUT2D eigenvalue weighted by Crippen LogP contribution is -2.88. The Kier molecular flexibility index (Phi) is 10.7. The van der Waals surface area contributed by atoms with Crippen molar-refractivity contribution in [1.82, 2.24) is 19.1 Å². The Morgan fingerprint density at radius 2 is 0.581 bits per heavy atom. The molecule has 10 heteroatoms. The van der Waals surface area contributed by atoms with E-state index in [1.54, 1.807) is 0 Å². The number of para-hydroxylation sites is 4. The third-order valence-corrected chi connectivity index (χ3v) is 27.9. The molecule has 14 rings (SSSR count). The summed E-state index contributed by atoms with van der Waals surface area (Å²) in [6, 6.07) is 98.1. The molecule has 0 unspecified atom stereocenters. The summed E-state index contributed by atoms with van der Waals surface area (Å²) >= 11 is 0. The van der Waals surface area contributed by atoms with Crippen LogP contribution in [0, 0.1) is 0 Å². The van der Waals surface area contributed by atoms with E-state index in [4.69, 9.17) is 22.3 Å². The van der Waals surface area contributed by atoms with E-state index in [0.717, 1.165) is 91.8 Å². The molecule has 0 bridgehead atoms. The van der Waals surface area contributed by atoms with E-state index in [2.05, 4.69) is 288 Å². The van der Waals surface area contributed by atoms with Gasteiger partial charge in [-0.25, -0.2) is 4.98 Å². The zero-order valence-corrected chi connectivity index (χ0v) is 43.1. The molecule has 74 heavy (non-hydrogen) atoms. The van der Waals surface area contributed by atoms with E-state index in [1.165, 1.54) is 0 Å². The zero-order valence-electron chi connectivity index (χ0n) is 40.1. The molecule has 1 saturated heterocycles. The summed E-state index contributed by atoms with van der Waals surface area (Å²) in [5.74, 6) is 1.32. The van der Waals surface area contributed by atoms with Crippen LogP contribution in [0.2, 0.25) is 0 Å². The van der Waals surface area contributed by atoms with E-state index in [-0.39, 0.29) is 0 Å². The zero-order chi connectivity index (χ0) is 49.1. The summed E-state index contributed by atoms with van der Waals surface area (Å²) in [4.78, 5) is 11.2. The number of fused-ring (bicyclic) bond motifs is 6. The molecule has 1 aliphatic rings. The highest BCUT2D eigenvalue weighted by atomic mass is 28.5. The molecule has 1 fully saturated rings. The van der Waals surface area contributed by atoms with Gasteiger partial charge in [-0.05, 0) is 61.5 Å². The van der Waals surface area contributed by atoms with Gasteiger partial charge in [0.05, 0.1) is 27.8 Å². The molecule has 4 heterocycles. The molecular formula is C64H46N4O3Si3. The maximum Gasteiger partial charge on any atom is 0.390 e. The van der Waals surface area contributed by atoms with Gasteiger partial charge in [0.1, 0.15) is 5.82 Å². The fourth-order valence-electron chi connectivity index (χ4n) is 11.1. The summed E-state index contributed by atoms with van der Waals surface area (Å²) in [6.45, 7) is 0. The minimum Gasteiger partial charge on any atom is -0.402 e. The van der Waals surface area contributed by atoms with Crippen molar-refractivity contribution in [3.63, 3.8) is 0 Å². The minimum atomic E-state index is -3.93. The molecule has 0 saturated carbocycles. The Bertz CT molecular complexity index is 3790. The van der Waals surface area contributed by atoms with Crippen LogP contribution in [-0.4, -0.2) is 44.8 Å². The van der Waals surface area contributed by atoms with Crippen LogP contribution < -0.4 is 31.1 Å². The second-order valence-corrected chi connectivity index (χ2v) is 28.3. The van der Waals surface area contributed by atoms with Gasteiger partial charge >= 0.3 is 25.7 Å². The third kappa shape index (κ3) is 7.03. The van der Waals surface area contributed by atoms with Gasteiger partial charge in [0.2, 0.25) is 5.95 Å². The van der Waals surface area contributed by atoms with Crippen molar-refractivity contribution in [2.75, 3.05) is 0 Å². The average Bonchev–Trinajstić information content (AvgIpc) is 4.01. The lowest BCUT2D eigenvalue weighted by Gasteiger charge is -2.53. The highest BCUT2D eigenvalue weighted by Crippen LogP contribution is 2.37. The Hall–Kier alpha value is -8.59. The molecular weight excluding hydrogens is 957 g/mol. The van der Waals surface area contributed by atoms with E-state index in [9.17, 15) is 0 Å². The maximum absolute atomic E-state index is 8.28. The van der Waals surface area contributed by atoms with Crippen molar-refractivity contribution >= 4 is 100 Å². The van der Waals surface area contributed by atoms with Crippen LogP contribution >= 0.6 is 0 Å². The van der Waals surface area contributed by atoms with Crippen molar-refractivity contribution in [2.24, 2.45) is 0 Å². The van der Waals surface area contributed by atoms with Crippen molar-refractivity contribution in [3.8, 4) is 23.0 Å². The maximum atomic E-state index is 8.28. The van der Waals surface area contributed by atoms with Gasteiger partial charge in [-0.3, -0.25) is 9.13 Å².